The van der Waals surface area contributed by atoms with E-state index in [9.17, 15) is 4.79 Å². The van der Waals surface area contributed by atoms with Crippen molar-refractivity contribution in [1.82, 2.24) is 19.8 Å². The first-order valence-electron chi connectivity index (χ1n) is 10.0. The Morgan fingerprint density at radius 2 is 1.62 bits per heavy atom. The fourth-order valence-corrected chi connectivity index (χ4v) is 4.44. The van der Waals surface area contributed by atoms with E-state index in [4.69, 9.17) is 0 Å². The average molecular weight is 358 g/mol. The van der Waals surface area contributed by atoms with Crippen LogP contribution < -0.4 is 9.80 Å². The van der Waals surface area contributed by atoms with E-state index >= 15 is 0 Å². The molecule has 2 saturated heterocycles. The fraction of sp³-hybridized carbons (Fsp3) is 0.737. The average Bonchev–Trinajstić information content (AvgIpc) is 3.09. The van der Waals surface area contributed by atoms with Crippen LogP contribution in [0.5, 0.6) is 0 Å². The molecule has 0 aromatic carbocycles. The minimum atomic E-state index is 0.151. The predicted molar refractivity (Wildman–Crippen MR) is 103 cm³/mol. The van der Waals surface area contributed by atoms with Crippen molar-refractivity contribution in [3.05, 3.63) is 12.4 Å². The quantitative estimate of drug-likeness (QED) is 0.810. The number of amides is 1. The number of carbonyl (C=O) groups excluding carboxylic acids is 1. The number of aromatic nitrogens is 2. The molecule has 1 saturated carbocycles. The van der Waals surface area contributed by atoms with Crippen molar-refractivity contribution in [3.8, 4) is 0 Å². The molecule has 26 heavy (non-hydrogen) atoms. The van der Waals surface area contributed by atoms with Crippen molar-refractivity contribution < 1.29 is 4.79 Å². The summed E-state index contributed by atoms with van der Waals surface area (Å²) < 4.78 is 0. The summed E-state index contributed by atoms with van der Waals surface area (Å²) >= 11 is 0. The molecule has 0 bridgehead atoms. The Hall–Kier alpha value is -1.89. The second-order valence-electron chi connectivity index (χ2n) is 7.79. The summed E-state index contributed by atoms with van der Waals surface area (Å²) in [6, 6.07) is 2.86. The minimum absolute atomic E-state index is 0.151. The molecule has 2 aliphatic heterocycles. The highest BCUT2D eigenvalue weighted by Crippen LogP contribution is 2.26. The molecule has 142 valence electrons. The van der Waals surface area contributed by atoms with Crippen molar-refractivity contribution in [2.24, 2.45) is 0 Å². The van der Waals surface area contributed by atoms with Gasteiger partial charge in [0.05, 0.1) is 6.54 Å². The lowest BCUT2D eigenvalue weighted by molar-refractivity contribution is -0.129. The molecule has 0 spiro atoms. The van der Waals surface area contributed by atoms with Gasteiger partial charge in [-0.15, -0.1) is 0 Å². The number of rotatable bonds is 3. The van der Waals surface area contributed by atoms with E-state index in [1.54, 1.807) is 11.2 Å². The van der Waals surface area contributed by atoms with Gasteiger partial charge in [0.1, 0.15) is 18.0 Å². The molecule has 0 atom stereocenters. The zero-order valence-corrected chi connectivity index (χ0v) is 15.8. The largest absolute Gasteiger partial charge is 0.355 e. The van der Waals surface area contributed by atoms with Gasteiger partial charge in [-0.3, -0.25) is 9.69 Å². The molecule has 0 N–H and O–H groups in total. The van der Waals surface area contributed by atoms with Crippen molar-refractivity contribution in [3.63, 3.8) is 0 Å². The molecule has 0 radical (unpaired) electrons. The fourth-order valence-electron chi connectivity index (χ4n) is 4.44. The van der Waals surface area contributed by atoms with Crippen LogP contribution in [-0.4, -0.2) is 84.6 Å². The van der Waals surface area contributed by atoms with Crippen LogP contribution in [0.3, 0.4) is 0 Å². The number of carbonyl (C=O) groups is 1. The van der Waals surface area contributed by atoms with E-state index < -0.39 is 0 Å². The molecule has 7 nitrogen and oxygen atoms in total. The Labute approximate surface area is 156 Å². The minimum Gasteiger partial charge on any atom is -0.355 e. The van der Waals surface area contributed by atoms with Gasteiger partial charge < -0.3 is 14.7 Å². The monoisotopic (exact) mass is 358 g/mol. The van der Waals surface area contributed by atoms with Gasteiger partial charge in [-0.2, -0.15) is 0 Å². The van der Waals surface area contributed by atoms with Crippen LogP contribution >= 0.6 is 0 Å². The Morgan fingerprint density at radius 3 is 2.38 bits per heavy atom. The van der Waals surface area contributed by atoms with Crippen LogP contribution in [0.1, 0.15) is 32.1 Å². The number of anilines is 2. The van der Waals surface area contributed by atoms with Crippen LogP contribution in [0.4, 0.5) is 11.6 Å². The summed E-state index contributed by atoms with van der Waals surface area (Å²) in [4.78, 5) is 29.9. The first kappa shape index (κ1) is 17.5. The maximum Gasteiger partial charge on any atom is 0.241 e. The highest BCUT2D eigenvalue weighted by atomic mass is 16.2. The number of nitrogens with zero attached hydrogens (tertiary/aromatic N) is 6. The summed E-state index contributed by atoms with van der Waals surface area (Å²) in [7, 11) is 1.86. The highest BCUT2D eigenvalue weighted by molar-refractivity contribution is 5.82. The Bertz CT molecular complexity index is 632. The summed E-state index contributed by atoms with van der Waals surface area (Å²) in [5.74, 6) is 2.02. The standard InChI is InChI=1S/C19H30N6O/c1-22-9-10-25(14-19(22)26)18-13-17(20-15-21-18)24-8-4-7-23(11-12-24)16-5-2-3-6-16/h13,15-16H,2-12,14H2,1H3. The van der Waals surface area contributed by atoms with E-state index in [1.807, 2.05) is 7.05 Å². The zero-order chi connectivity index (χ0) is 17.9. The molecule has 4 rings (SSSR count). The topological polar surface area (TPSA) is 55.8 Å². The van der Waals surface area contributed by atoms with E-state index in [0.29, 0.717) is 6.54 Å². The SMILES string of the molecule is CN1CCN(c2cc(N3CCCN(C4CCCC4)CC3)ncn2)CC1=O. The number of piperazine rings is 1. The summed E-state index contributed by atoms with van der Waals surface area (Å²) in [6.07, 6.45) is 8.36. The van der Waals surface area contributed by atoms with Gasteiger partial charge in [0.25, 0.3) is 0 Å². The molecule has 3 aliphatic rings. The normalized spacial score (nSPS) is 23.6. The molecule has 7 heteroatoms. The van der Waals surface area contributed by atoms with Gasteiger partial charge >= 0.3 is 0 Å². The molecule has 3 heterocycles. The lowest BCUT2D eigenvalue weighted by Gasteiger charge is -2.33. The van der Waals surface area contributed by atoms with Gasteiger partial charge in [-0.25, -0.2) is 9.97 Å². The van der Waals surface area contributed by atoms with Gasteiger partial charge in [0.2, 0.25) is 5.91 Å². The molecule has 1 aromatic rings. The first-order chi connectivity index (χ1) is 12.7. The van der Waals surface area contributed by atoms with Crippen molar-refractivity contribution in [2.45, 2.75) is 38.1 Å². The Balaban J connectivity index is 1.42. The predicted octanol–water partition coefficient (Wildman–Crippen LogP) is 1.21. The van der Waals surface area contributed by atoms with Crippen LogP contribution in [0.25, 0.3) is 0 Å². The van der Waals surface area contributed by atoms with Gasteiger partial charge in [-0.05, 0) is 19.3 Å². The second-order valence-corrected chi connectivity index (χ2v) is 7.79. The molecule has 1 aromatic heterocycles. The smallest absolute Gasteiger partial charge is 0.241 e. The second kappa shape index (κ2) is 7.78. The number of likely N-dealkylation sites (N-methyl/N-ethyl adjacent to an activating group) is 1. The summed E-state index contributed by atoms with van der Waals surface area (Å²) in [5, 5.41) is 0. The molecule has 1 amide bonds. The molecular formula is C19H30N6O. The van der Waals surface area contributed by atoms with Gasteiger partial charge in [0, 0.05) is 58.4 Å². The first-order valence-corrected chi connectivity index (χ1v) is 10.0. The van der Waals surface area contributed by atoms with Gasteiger partial charge in [-0.1, -0.05) is 12.8 Å². The van der Waals surface area contributed by atoms with Gasteiger partial charge in [0.15, 0.2) is 0 Å². The van der Waals surface area contributed by atoms with Crippen molar-refractivity contribution in [1.29, 1.82) is 0 Å². The third-order valence-electron chi connectivity index (χ3n) is 6.11. The Kier molecular flexibility index (Phi) is 5.24. The maximum absolute atomic E-state index is 12.0. The van der Waals surface area contributed by atoms with E-state index in [1.165, 1.54) is 38.6 Å². The molecule has 3 fully saturated rings. The van der Waals surface area contributed by atoms with E-state index in [-0.39, 0.29) is 5.91 Å². The molecule has 1 aliphatic carbocycles. The van der Waals surface area contributed by atoms with Crippen molar-refractivity contribution in [2.75, 3.05) is 62.7 Å². The summed E-state index contributed by atoms with van der Waals surface area (Å²) in [6.45, 7) is 6.37. The third kappa shape index (κ3) is 3.77. The summed E-state index contributed by atoms with van der Waals surface area (Å²) in [5.41, 5.74) is 0. The van der Waals surface area contributed by atoms with E-state index in [2.05, 4.69) is 30.7 Å². The van der Waals surface area contributed by atoms with Crippen LogP contribution in [0.15, 0.2) is 12.4 Å². The number of hydrogen-bond donors (Lipinski definition) is 0. The lowest BCUT2D eigenvalue weighted by Crippen LogP contribution is -2.48. The maximum atomic E-state index is 12.0. The number of hydrogen-bond acceptors (Lipinski definition) is 6. The third-order valence-corrected chi connectivity index (χ3v) is 6.11. The Morgan fingerprint density at radius 1 is 0.885 bits per heavy atom. The highest BCUT2D eigenvalue weighted by Gasteiger charge is 2.26. The zero-order valence-electron chi connectivity index (χ0n) is 15.8. The lowest BCUT2D eigenvalue weighted by atomic mass is 10.2. The van der Waals surface area contributed by atoms with Crippen molar-refractivity contribution >= 4 is 17.5 Å². The van der Waals surface area contributed by atoms with Crippen LogP contribution in [-0.2, 0) is 4.79 Å². The van der Waals surface area contributed by atoms with E-state index in [0.717, 1.165) is 50.4 Å². The van der Waals surface area contributed by atoms with Crippen LogP contribution in [0.2, 0.25) is 0 Å². The van der Waals surface area contributed by atoms with Crippen LogP contribution in [0, 0.1) is 0 Å². The molecular weight excluding hydrogens is 328 g/mol. The molecule has 0 unspecified atom stereocenters.